The number of nitrogens with zero attached hydrogens (tertiary/aromatic N) is 1. The van der Waals surface area contributed by atoms with Gasteiger partial charge in [-0.25, -0.2) is 4.39 Å². The first-order valence-corrected chi connectivity index (χ1v) is 5.91. The van der Waals surface area contributed by atoms with E-state index >= 15 is 0 Å². The summed E-state index contributed by atoms with van der Waals surface area (Å²) >= 11 is 0. The molecule has 2 nitrogen and oxygen atoms in total. The van der Waals surface area contributed by atoms with Crippen LogP contribution in [0, 0.1) is 5.82 Å². The molecule has 0 saturated heterocycles. The summed E-state index contributed by atoms with van der Waals surface area (Å²) in [6, 6.07) is 5.29. The average Bonchev–Trinajstić information content (AvgIpc) is 2.32. The third-order valence-electron chi connectivity index (χ3n) is 2.94. The lowest BCUT2D eigenvalue weighted by molar-refractivity contribution is 0.306. The molecule has 0 unspecified atom stereocenters. The van der Waals surface area contributed by atoms with Crippen LogP contribution in [0.4, 0.5) is 4.39 Å². The molecule has 2 N–H and O–H groups in total. The van der Waals surface area contributed by atoms with Gasteiger partial charge in [0.05, 0.1) is 0 Å². The predicted molar refractivity (Wildman–Crippen MR) is 65.8 cm³/mol. The number of rotatable bonds is 6. The van der Waals surface area contributed by atoms with Crippen molar-refractivity contribution in [2.24, 2.45) is 5.73 Å². The Hall–Kier alpha value is -0.930. The van der Waals surface area contributed by atoms with Crippen LogP contribution in [0.1, 0.15) is 25.0 Å². The Balaban J connectivity index is 2.60. The van der Waals surface area contributed by atoms with Gasteiger partial charge in [0.1, 0.15) is 5.82 Å². The molecule has 1 aromatic rings. The number of benzene rings is 1. The highest BCUT2D eigenvalue weighted by molar-refractivity contribution is 5.24. The van der Waals surface area contributed by atoms with Crippen molar-refractivity contribution in [1.29, 1.82) is 0 Å². The second kappa shape index (κ2) is 6.61. The molecule has 1 rings (SSSR count). The molecule has 0 aliphatic rings. The van der Waals surface area contributed by atoms with Crippen molar-refractivity contribution in [2.45, 2.75) is 26.8 Å². The van der Waals surface area contributed by atoms with E-state index in [1.54, 1.807) is 0 Å². The third-order valence-corrected chi connectivity index (χ3v) is 2.94. The number of likely N-dealkylation sites (N-methyl/N-ethyl adjacent to an activating group) is 1. The zero-order valence-corrected chi connectivity index (χ0v) is 10.2. The number of halogens is 1. The van der Waals surface area contributed by atoms with Crippen LogP contribution in [0.25, 0.3) is 0 Å². The van der Waals surface area contributed by atoms with Crippen LogP contribution in [0.2, 0.25) is 0 Å². The Bertz CT molecular complexity index is 322. The van der Waals surface area contributed by atoms with Gasteiger partial charge in [-0.05, 0) is 36.7 Å². The normalized spacial score (nSPS) is 11.1. The minimum absolute atomic E-state index is 0.130. The SMILES string of the molecule is CCN(CC)CCc1ccc(CN)cc1F. The van der Waals surface area contributed by atoms with E-state index in [1.165, 1.54) is 6.07 Å². The zero-order chi connectivity index (χ0) is 12.0. The summed E-state index contributed by atoms with van der Waals surface area (Å²) in [7, 11) is 0. The van der Waals surface area contributed by atoms with E-state index in [4.69, 9.17) is 5.73 Å². The van der Waals surface area contributed by atoms with Gasteiger partial charge in [0, 0.05) is 13.1 Å². The van der Waals surface area contributed by atoms with E-state index in [9.17, 15) is 4.39 Å². The lowest BCUT2D eigenvalue weighted by atomic mass is 10.1. The molecule has 0 aliphatic carbocycles. The van der Waals surface area contributed by atoms with Crippen LogP contribution >= 0.6 is 0 Å². The second-order valence-corrected chi connectivity index (χ2v) is 3.91. The first-order valence-electron chi connectivity index (χ1n) is 5.91. The monoisotopic (exact) mass is 224 g/mol. The average molecular weight is 224 g/mol. The topological polar surface area (TPSA) is 29.3 Å². The molecule has 0 saturated carbocycles. The lowest BCUT2D eigenvalue weighted by Gasteiger charge is -2.17. The van der Waals surface area contributed by atoms with Crippen molar-refractivity contribution in [3.8, 4) is 0 Å². The van der Waals surface area contributed by atoms with Gasteiger partial charge in [-0.15, -0.1) is 0 Å². The van der Waals surface area contributed by atoms with Gasteiger partial charge >= 0.3 is 0 Å². The van der Waals surface area contributed by atoms with Crippen LogP contribution in [0.3, 0.4) is 0 Å². The summed E-state index contributed by atoms with van der Waals surface area (Å²) in [5, 5.41) is 0. The first kappa shape index (κ1) is 13.1. The summed E-state index contributed by atoms with van der Waals surface area (Å²) in [6.45, 7) is 7.58. The van der Waals surface area contributed by atoms with E-state index in [0.29, 0.717) is 6.54 Å². The number of nitrogens with two attached hydrogens (primary N) is 1. The highest BCUT2D eigenvalue weighted by Crippen LogP contribution is 2.11. The molecule has 0 bridgehead atoms. The summed E-state index contributed by atoms with van der Waals surface area (Å²) in [4.78, 5) is 2.29. The van der Waals surface area contributed by atoms with Crippen LogP contribution in [0.15, 0.2) is 18.2 Å². The minimum atomic E-state index is -0.130. The van der Waals surface area contributed by atoms with E-state index in [2.05, 4.69) is 18.7 Å². The van der Waals surface area contributed by atoms with E-state index in [1.807, 2.05) is 12.1 Å². The summed E-state index contributed by atoms with van der Waals surface area (Å²) < 4.78 is 13.6. The molecular weight excluding hydrogens is 203 g/mol. The predicted octanol–water partition coefficient (Wildman–Crippen LogP) is 2.17. The van der Waals surface area contributed by atoms with Crippen molar-refractivity contribution in [2.75, 3.05) is 19.6 Å². The van der Waals surface area contributed by atoms with Crippen LogP contribution < -0.4 is 5.73 Å². The van der Waals surface area contributed by atoms with Gasteiger partial charge in [-0.1, -0.05) is 26.0 Å². The van der Waals surface area contributed by atoms with Crippen molar-refractivity contribution < 1.29 is 4.39 Å². The third kappa shape index (κ3) is 3.58. The molecule has 90 valence electrons. The molecule has 0 spiro atoms. The Kier molecular flexibility index (Phi) is 5.43. The molecule has 16 heavy (non-hydrogen) atoms. The molecule has 0 aromatic heterocycles. The van der Waals surface area contributed by atoms with E-state index in [-0.39, 0.29) is 5.82 Å². The Labute approximate surface area is 97.3 Å². The molecule has 0 heterocycles. The van der Waals surface area contributed by atoms with E-state index < -0.39 is 0 Å². The van der Waals surface area contributed by atoms with Gasteiger partial charge in [-0.3, -0.25) is 0 Å². The second-order valence-electron chi connectivity index (χ2n) is 3.91. The summed E-state index contributed by atoms with van der Waals surface area (Å²) in [5.41, 5.74) is 7.09. The smallest absolute Gasteiger partial charge is 0.126 e. The quantitative estimate of drug-likeness (QED) is 0.802. The maximum atomic E-state index is 13.6. The zero-order valence-electron chi connectivity index (χ0n) is 10.2. The molecule has 0 radical (unpaired) electrons. The molecular formula is C13H21FN2. The highest BCUT2D eigenvalue weighted by atomic mass is 19.1. The van der Waals surface area contributed by atoms with Gasteiger partial charge in [0.2, 0.25) is 0 Å². The Morgan fingerprint density at radius 2 is 1.94 bits per heavy atom. The van der Waals surface area contributed by atoms with E-state index in [0.717, 1.165) is 37.2 Å². The lowest BCUT2D eigenvalue weighted by Crippen LogP contribution is -2.25. The van der Waals surface area contributed by atoms with Crippen molar-refractivity contribution in [1.82, 2.24) is 4.90 Å². The maximum absolute atomic E-state index is 13.6. The largest absolute Gasteiger partial charge is 0.326 e. The molecule has 1 aromatic carbocycles. The van der Waals surface area contributed by atoms with Crippen molar-refractivity contribution in [3.63, 3.8) is 0 Å². The molecule has 0 aliphatic heterocycles. The maximum Gasteiger partial charge on any atom is 0.126 e. The number of hydrogen-bond donors (Lipinski definition) is 1. The fourth-order valence-corrected chi connectivity index (χ4v) is 1.74. The minimum Gasteiger partial charge on any atom is -0.326 e. The molecule has 0 amide bonds. The van der Waals surface area contributed by atoms with Crippen LogP contribution in [-0.4, -0.2) is 24.5 Å². The molecule has 0 atom stereocenters. The standard InChI is InChI=1S/C13H21FN2/c1-3-16(4-2)8-7-12-6-5-11(10-15)9-13(12)14/h5-6,9H,3-4,7-8,10,15H2,1-2H3. The van der Waals surface area contributed by atoms with Crippen molar-refractivity contribution in [3.05, 3.63) is 35.1 Å². The molecule has 0 fully saturated rings. The van der Waals surface area contributed by atoms with Gasteiger partial charge < -0.3 is 10.6 Å². The van der Waals surface area contributed by atoms with Crippen LogP contribution in [0.5, 0.6) is 0 Å². The van der Waals surface area contributed by atoms with Crippen LogP contribution in [-0.2, 0) is 13.0 Å². The summed E-state index contributed by atoms with van der Waals surface area (Å²) in [6.07, 6.45) is 0.762. The first-order chi connectivity index (χ1) is 7.71. The number of hydrogen-bond acceptors (Lipinski definition) is 2. The Morgan fingerprint density at radius 3 is 2.44 bits per heavy atom. The fraction of sp³-hybridized carbons (Fsp3) is 0.538. The Morgan fingerprint density at radius 1 is 1.25 bits per heavy atom. The van der Waals surface area contributed by atoms with Gasteiger partial charge in [0.25, 0.3) is 0 Å². The highest BCUT2D eigenvalue weighted by Gasteiger charge is 2.05. The molecule has 3 heteroatoms. The van der Waals surface area contributed by atoms with Crippen molar-refractivity contribution >= 4 is 0 Å². The fourth-order valence-electron chi connectivity index (χ4n) is 1.74. The van der Waals surface area contributed by atoms with Gasteiger partial charge in [0.15, 0.2) is 0 Å². The summed E-state index contributed by atoms with van der Waals surface area (Å²) in [5.74, 6) is -0.130. The van der Waals surface area contributed by atoms with Gasteiger partial charge in [-0.2, -0.15) is 0 Å².